The number of hydrogen-bond donors (Lipinski definition) is 0. The summed E-state index contributed by atoms with van der Waals surface area (Å²) in [5.41, 5.74) is 2.22. The van der Waals surface area contributed by atoms with E-state index in [1.165, 1.54) is 7.11 Å². The average molecular weight is 437 g/mol. The third-order valence-corrected chi connectivity index (χ3v) is 5.29. The molecule has 0 N–H and O–H groups in total. The molecule has 7 nitrogen and oxygen atoms in total. The van der Waals surface area contributed by atoms with E-state index in [4.69, 9.17) is 24.0 Å². The molecule has 0 bridgehead atoms. The third kappa shape index (κ3) is 4.78. The second-order valence-corrected chi connectivity index (χ2v) is 8.24. The van der Waals surface area contributed by atoms with Crippen LogP contribution in [0.1, 0.15) is 32.4 Å². The van der Waals surface area contributed by atoms with Crippen LogP contribution >= 0.6 is 0 Å². The van der Waals surface area contributed by atoms with Crippen LogP contribution in [0.15, 0.2) is 54.6 Å². The molecular weight excluding hydrogens is 408 g/mol. The van der Waals surface area contributed by atoms with Crippen molar-refractivity contribution in [1.82, 2.24) is 9.78 Å². The number of esters is 1. The Balaban J connectivity index is 1.71. The summed E-state index contributed by atoms with van der Waals surface area (Å²) >= 11 is 0. The first kappa shape index (κ1) is 21.9. The highest BCUT2D eigenvalue weighted by Crippen LogP contribution is 2.33. The van der Waals surface area contributed by atoms with Crippen molar-refractivity contribution in [2.45, 2.75) is 45.0 Å². The molecule has 32 heavy (non-hydrogen) atoms. The molecule has 1 fully saturated rings. The molecule has 0 amide bonds. The summed E-state index contributed by atoms with van der Waals surface area (Å²) in [4.78, 5) is 12.0. The Morgan fingerprint density at radius 2 is 1.88 bits per heavy atom. The van der Waals surface area contributed by atoms with Crippen LogP contribution < -0.4 is 9.47 Å². The van der Waals surface area contributed by atoms with Crippen LogP contribution in [0.2, 0.25) is 0 Å². The monoisotopic (exact) mass is 436 g/mol. The van der Waals surface area contributed by atoms with Crippen LogP contribution in [0.4, 0.5) is 0 Å². The molecule has 0 atom stereocenters. The molecule has 0 aliphatic heterocycles. The quantitative estimate of drug-likeness (QED) is 0.458. The number of carbonyl (C=O) groups excluding carboxylic acids is 1. The van der Waals surface area contributed by atoms with Crippen LogP contribution in [-0.2, 0) is 20.9 Å². The normalized spacial score (nSPS) is 13.6. The summed E-state index contributed by atoms with van der Waals surface area (Å²) in [6.45, 7) is 3.50. The number of nitrogens with zero attached hydrogens (tertiary/aromatic N) is 2. The minimum Gasteiger partial charge on any atom is -0.494 e. The zero-order valence-electron chi connectivity index (χ0n) is 18.8. The second-order valence-electron chi connectivity index (χ2n) is 8.24. The molecule has 0 unspecified atom stereocenters. The molecule has 1 aromatic heterocycles. The van der Waals surface area contributed by atoms with Gasteiger partial charge in [0.25, 0.3) is 0 Å². The van der Waals surface area contributed by atoms with E-state index in [9.17, 15) is 4.79 Å². The van der Waals surface area contributed by atoms with E-state index < -0.39 is 11.6 Å². The number of carbonyl (C=O) groups is 1. The Kier molecular flexibility index (Phi) is 6.19. The molecule has 3 aromatic rings. The van der Waals surface area contributed by atoms with Gasteiger partial charge < -0.3 is 18.9 Å². The van der Waals surface area contributed by atoms with Gasteiger partial charge in [-0.25, -0.2) is 9.48 Å². The molecule has 1 aliphatic rings. The summed E-state index contributed by atoms with van der Waals surface area (Å²) in [6, 6.07) is 17.6. The van der Waals surface area contributed by atoms with Gasteiger partial charge in [0, 0.05) is 5.56 Å². The van der Waals surface area contributed by atoms with Gasteiger partial charge in [-0.05, 0) is 57.0 Å². The zero-order chi connectivity index (χ0) is 22.7. The molecule has 1 aliphatic carbocycles. The van der Waals surface area contributed by atoms with Gasteiger partial charge in [0.05, 0.1) is 38.3 Å². The predicted octanol–water partition coefficient (Wildman–Crippen LogP) is 4.56. The van der Waals surface area contributed by atoms with Crippen LogP contribution in [0.5, 0.6) is 11.5 Å². The Morgan fingerprint density at radius 3 is 2.59 bits per heavy atom. The topological polar surface area (TPSA) is 71.8 Å². The van der Waals surface area contributed by atoms with Gasteiger partial charge in [-0.3, -0.25) is 0 Å². The summed E-state index contributed by atoms with van der Waals surface area (Å²) < 4.78 is 24.1. The van der Waals surface area contributed by atoms with E-state index in [1.54, 1.807) is 21.0 Å². The number of ether oxygens (including phenoxy) is 4. The van der Waals surface area contributed by atoms with Crippen molar-refractivity contribution in [3.63, 3.8) is 0 Å². The first-order valence-electron chi connectivity index (χ1n) is 10.6. The first-order chi connectivity index (χ1) is 15.4. The standard InChI is InChI=1S/C25H28N2O5/c1-25(2,24(28)30-4)31-16-18-15-22(17-8-7-9-20(14-17)32-19-12-13-19)27(26-18)21-10-5-6-11-23(21)29-3/h5-11,14-15,19H,12-13,16H2,1-4H3. The lowest BCUT2D eigenvalue weighted by Gasteiger charge is -2.21. The summed E-state index contributed by atoms with van der Waals surface area (Å²) in [7, 11) is 2.98. The molecule has 2 aromatic carbocycles. The van der Waals surface area contributed by atoms with Gasteiger partial charge in [-0.15, -0.1) is 0 Å². The molecule has 168 valence electrons. The number of aromatic nitrogens is 2. The minimum atomic E-state index is -1.08. The summed E-state index contributed by atoms with van der Waals surface area (Å²) in [5, 5.41) is 4.78. The molecule has 1 saturated carbocycles. The molecule has 7 heteroatoms. The van der Waals surface area contributed by atoms with Crippen LogP contribution in [0, 0.1) is 0 Å². The highest BCUT2D eigenvalue weighted by molar-refractivity contribution is 5.78. The average Bonchev–Trinajstić information content (AvgIpc) is 3.52. The van der Waals surface area contributed by atoms with Crippen LogP contribution in [0.25, 0.3) is 16.9 Å². The number of benzene rings is 2. The number of rotatable bonds is 9. The maximum absolute atomic E-state index is 12.0. The summed E-state index contributed by atoms with van der Waals surface area (Å²) in [6.07, 6.45) is 2.51. The van der Waals surface area contributed by atoms with Crippen molar-refractivity contribution >= 4 is 5.97 Å². The first-order valence-corrected chi connectivity index (χ1v) is 10.6. The molecule has 0 radical (unpaired) electrons. The molecular formula is C25H28N2O5. The third-order valence-electron chi connectivity index (χ3n) is 5.29. The van der Waals surface area contributed by atoms with Crippen molar-refractivity contribution in [1.29, 1.82) is 0 Å². The van der Waals surface area contributed by atoms with E-state index >= 15 is 0 Å². The van der Waals surface area contributed by atoms with Crippen LogP contribution in [-0.4, -0.2) is 41.7 Å². The van der Waals surface area contributed by atoms with E-state index in [2.05, 4.69) is 0 Å². The maximum Gasteiger partial charge on any atom is 0.337 e. The Labute approximate surface area is 187 Å². The van der Waals surface area contributed by atoms with E-state index in [0.29, 0.717) is 17.5 Å². The van der Waals surface area contributed by atoms with E-state index in [-0.39, 0.29) is 6.61 Å². The number of hydrogen-bond acceptors (Lipinski definition) is 6. The van der Waals surface area contributed by atoms with Gasteiger partial charge in [0.2, 0.25) is 0 Å². The zero-order valence-corrected chi connectivity index (χ0v) is 18.8. The maximum atomic E-state index is 12.0. The largest absolute Gasteiger partial charge is 0.494 e. The van der Waals surface area contributed by atoms with Crippen molar-refractivity contribution < 1.29 is 23.7 Å². The molecule has 0 saturated heterocycles. The van der Waals surface area contributed by atoms with Gasteiger partial charge >= 0.3 is 5.97 Å². The van der Waals surface area contributed by atoms with Crippen molar-refractivity contribution in [2.24, 2.45) is 0 Å². The fourth-order valence-corrected chi connectivity index (χ4v) is 3.36. The lowest BCUT2D eigenvalue weighted by Crippen LogP contribution is -2.35. The van der Waals surface area contributed by atoms with Gasteiger partial charge in [-0.1, -0.05) is 24.3 Å². The van der Waals surface area contributed by atoms with Gasteiger partial charge in [0.15, 0.2) is 5.60 Å². The van der Waals surface area contributed by atoms with E-state index in [0.717, 1.165) is 35.5 Å². The Morgan fingerprint density at radius 1 is 1.09 bits per heavy atom. The Hall–Kier alpha value is -3.32. The molecule has 0 spiro atoms. The highest BCUT2D eigenvalue weighted by Gasteiger charge is 2.30. The number of methoxy groups -OCH3 is 2. The molecule has 1 heterocycles. The second kappa shape index (κ2) is 9.04. The highest BCUT2D eigenvalue weighted by atomic mass is 16.6. The van der Waals surface area contributed by atoms with Crippen molar-refractivity contribution in [2.75, 3.05) is 14.2 Å². The SMILES string of the molecule is COC(=O)C(C)(C)OCc1cc(-c2cccc(OC3CC3)c2)n(-c2ccccc2OC)n1. The number of para-hydroxylation sites is 2. The van der Waals surface area contributed by atoms with E-state index in [1.807, 2.05) is 59.3 Å². The predicted molar refractivity (Wildman–Crippen MR) is 120 cm³/mol. The van der Waals surface area contributed by atoms with Gasteiger partial charge in [-0.2, -0.15) is 5.10 Å². The Bertz CT molecular complexity index is 1100. The van der Waals surface area contributed by atoms with Crippen molar-refractivity contribution in [3.8, 4) is 28.4 Å². The molecule has 4 rings (SSSR count). The van der Waals surface area contributed by atoms with Gasteiger partial charge in [0.1, 0.15) is 17.2 Å². The lowest BCUT2D eigenvalue weighted by molar-refractivity contribution is -0.166. The fourth-order valence-electron chi connectivity index (χ4n) is 3.36. The van der Waals surface area contributed by atoms with Crippen LogP contribution in [0.3, 0.4) is 0 Å². The smallest absolute Gasteiger partial charge is 0.337 e. The fraction of sp³-hybridized carbons (Fsp3) is 0.360. The van der Waals surface area contributed by atoms with Crippen molar-refractivity contribution in [3.05, 3.63) is 60.3 Å². The lowest BCUT2D eigenvalue weighted by atomic mass is 10.1. The summed E-state index contributed by atoms with van der Waals surface area (Å²) in [5.74, 6) is 1.10. The minimum absolute atomic E-state index is 0.148.